The van der Waals surface area contributed by atoms with E-state index in [-0.39, 0.29) is 17.4 Å². The maximum absolute atomic E-state index is 12.3. The predicted molar refractivity (Wildman–Crippen MR) is 114 cm³/mol. The van der Waals surface area contributed by atoms with Crippen LogP contribution in [-0.2, 0) is 16.0 Å². The Bertz CT molecular complexity index is 992. The van der Waals surface area contributed by atoms with Gasteiger partial charge < -0.3 is 11.2 Å². The second kappa shape index (κ2) is 9.58. The molecule has 1 amide bonds. The Morgan fingerprint density at radius 3 is 2.48 bits per heavy atom. The first-order valence-corrected chi connectivity index (χ1v) is 10.2. The number of nitrogens with one attached hydrogen (secondary N) is 1. The molecule has 0 unspecified atom stereocenters. The minimum Gasteiger partial charge on any atom is -0.345 e. The molecule has 1 heterocycles. The first-order valence-electron chi connectivity index (χ1n) is 8.87. The maximum Gasteiger partial charge on any atom is 0.231 e. The van der Waals surface area contributed by atoms with Crippen molar-refractivity contribution in [3.63, 3.8) is 0 Å². The number of nitrogen functional groups attached to an aromatic ring is 1. The van der Waals surface area contributed by atoms with Crippen LogP contribution in [0.15, 0.2) is 59.8 Å². The monoisotopic (exact) mass is 429 g/mol. The number of hydrogen-bond donors (Lipinski definition) is 2. The molecule has 0 aliphatic carbocycles. The summed E-state index contributed by atoms with van der Waals surface area (Å²) in [7, 11) is 0. The zero-order chi connectivity index (χ0) is 20.8. The lowest BCUT2D eigenvalue weighted by Gasteiger charge is -2.16. The van der Waals surface area contributed by atoms with Crippen molar-refractivity contribution < 1.29 is 9.59 Å². The average molecular weight is 430 g/mol. The number of hydrogen-bond acceptors (Lipinski definition) is 6. The van der Waals surface area contributed by atoms with Gasteiger partial charge >= 0.3 is 0 Å². The zero-order valence-electron chi connectivity index (χ0n) is 15.7. The van der Waals surface area contributed by atoms with Gasteiger partial charge in [0.05, 0.1) is 11.8 Å². The van der Waals surface area contributed by atoms with Gasteiger partial charge in [-0.05, 0) is 43.2 Å². The van der Waals surface area contributed by atoms with Gasteiger partial charge in [0.25, 0.3) is 0 Å². The van der Waals surface area contributed by atoms with Gasteiger partial charge in [0.15, 0.2) is 11.6 Å². The standard InChI is InChI=1S/C20H20ClN5O2S/c1-13(27)17(11-14-5-3-2-4-6-14)23-18(28)12-29-20-25-24-19(26(20)22)15-7-9-16(21)10-8-15/h2-10,17H,11-12,22H2,1H3,(H,23,28)/t17-/m1/s1. The number of thioether (sulfide) groups is 1. The second-order valence-electron chi connectivity index (χ2n) is 6.39. The number of benzene rings is 2. The Balaban J connectivity index is 1.60. The van der Waals surface area contributed by atoms with Crippen molar-refractivity contribution in [3.05, 3.63) is 65.2 Å². The third-order valence-corrected chi connectivity index (χ3v) is 5.40. The van der Waals surface area contributed by atoms with Gasteiger partial charge in [-0.3, -0.25) is 9.59 Å². The summed E-state index contributed by atoms with van der Waals surface area (Å²) < 4.78 is 1.33. The van der Waals surface area contributed by atoms with Gasteiger partial charge in [-0.25, -0.2) is 4.68 Å². The van der Waals surface area contributed by atoms with Crippen LogP contribution in [0.5, 0.6) is 0 Å². The Kier molecular flexibility index (Phi) is 6.90. The lowest BCUT2D eigenvalue weighted by molar-refractivity contribution is -0.125. The summed E-state index contributed by atoms with van der Waals surface area (Å²) in [4.78, 5) is 24.3. The third-order valence-electron chi connectivity index (χ3n) is 4.21. The molecule has 0 bridgehead atoms. The van der Waals surface area contributed by atoms with Gasteiger partial charge in [0, 0.05) is 10.6 Å². The van der Waals surface area contributed by atoms with Crippen molar-refractivity contribution in [2.75, 3.05) is 11.6 Å². The smallest absolute Gasteiger partial charge is 0.231 e. The molecule has 0 aliphatic heterocycles. The molecular formula is C20H20ClN5O2S. The van der Waals surface area contributed by atoms with Gasteiger partial charge in [0.2, 0.25) is 11.1 Å². The van der Waals surface area contributed by atoms with Crippen molar-refractivity contribution in [1.29, 1.82) is 0 Å². The van der Waals surface area contributed by atoms with E-state index < -0.39 is 6.04 Å². The lowest BCUT2D eigenvalue weighted by Crippen LogP contribution is -2.42. The molecule has 1 atom stereocenters. The van der Waals surface area contributed by atoms with Crippen LogP contribution in [-0.4, -0.2) is 38.4 Å². The largest absolute Gasteiger partial charge is 0.345 e. The Morgan fingerprint density at radius 1 is 1.14 bits per heavy atom. The quantitative estimate of drug-likeness (QED) is 0.421. The first kappa shape index (κ1) is 20.9. The first-order chi connectivity index (χ1) is 13.9. The highest BCUT2D eigenvalue weighted by molar-refractivity contribution is 7.99. The molecule has 0 spiro atoms. The molecular weight excluding hydrogens is 410 g/mol. The van der Waals surface area contributed by atoms with Gasteiger partial charge in [-0.2, -0.15) is 0 Å². The van der Waals surface area contributed by atoms with Crippen molar-refractivity contribution in [1.82, 2.24) is 20.2 Å². The molecule has 0 saturated heterocycles. The van der Waals surface area contributed by atoms with E-state index in [4.69, 9.17) is 17.4 Å². The fourth-order valence-electron chi connectivity index (χ4n) is 2.68. The summed E-state index contributed by atoms with van der Waals surface area (Å²) in [5.74, 6) is 6.22. The molecule has 0 saturated carbocycles. The molecule has 0 fully saturated rings. The SMILES string of the molecule is CC(=O)[C@@H](Cc1ccccc1)NC(=O)CSc1nnc(-c2ccc(Cl)cc2)n1N. The highest BCUT2D eigenvalue weighted by Gasteiger charge is 2.19. The fraction of sp³-hybridized carbons (Fsp3) is 0.200. The number of rotatable bonds is 8. The topological polar surface area (TPSA) is 103 Å². The summed E-state index contributed by atoms with van der Waals surface area (Å²) in [5.41, 5.74) is 1.75. The molecule has 0 radical (unpaired) electrons. The number of halogens is 1. The molecule has 3 rings (SSSR count). The molecule has 3 N–H and O–H groups in total. The number of nitrogens with zero attached hydrogens (tertiary/aromatic N) is 3. The summed E-state index contributed by atoms with van der Waals surface area (Å²) in [6.45, 7) is 1.47. The molecule has 29 heavy (non-hydrogen) atoms. The summed E-state index contributed by atoms with van der Waals surface area (Å²) >= 11 is 7.05. The van der Waals surface area contributed by atoms with Crippen LogP contribution in [0.1, 0.15) is 12.5 Å². The van der Waals surface area contributed by atoms with Crippen LogP contribution in [0.3, 0.4) is 0 Å². The number of carbonyl (C=O) groups is 2. The normalized spacial score (nSPS) is 11.8. The number of carbonyl (C=O) groups excluding carboxylic acids is 2. The van der Waals surface area contributed by atoms with Crippen molar-refractivity contribution in [2.45, 2.75) is 24.5 Å². The number of aromatic nitrogens is 3. The fourth-order valence-corrected chi connectivity index (χ4v) is 3.48. The third kappa shape index (κ3) is 5.58. The van der Waals surface area contributed by atoms with E-state index in [0.717, 1.165) is 22.9 Å². The van der Waals surface area contributed by atoms with Crippen molar-refractivity contribution in [2.24, 2.45) is 0 Å². The molecule has 150 valence electrons. The predicted octanol–water partition coefficient (Wildman–Crippen LogP) is 2.72. The number of amides is 1. The minimum atomic E-state index is -0.578. The zero-order valence-corrected chi connectivity index (χ0v) is 17.3. The average Bonchev–Trinajstić information content (AvgIpc) is 3.07. The molecule has 9 heteroatoms. The highest BCUT2D eigenvalue weighted by atomic mass is 35.5. The number of nitrogens with two attached hydrogens (primary N) is 1. The minimum absolute atomic E-state index is 0.0640. The molecule has 3 aromatic rings. The molecule has 7 nitrogen and oxygen atoms in total. The van der Waals surface area contributed by atoms with Crippen LogP contribution >= 0.6 is 23.4 Å². The van der Waals surface area contributed by atoms with E-state index >= 15 is 0 Å². The van der Waals surface area contributed by atoms with Crippen LogP contribution in [0, 0.1) is 0 Å². The van der Waals surface area contributed by atoms with E-state index in [1.54, 1.807) is 24.3 Å². The van der Waals surface area contributed by atoms with Gasteiger partial charge in [0.1, 0.15) is 0 Å². The van der Waals surface area contributed by atoms with Crippen molar-refractivity contribution >= 4 is 35.1 Å². The number of Topliss-reactive ketones (excluding diaryl/α,β-unsaturated/α-hetero) is 1. The van der Waals surface area contributed by atoms with Gasteiger partial charge in [-0.15, -0.1) is 10.2 Å². The van der Waals surface area contributed by atoms with Crippen LogP contribution < -0.4 is 11.2 Å². The molecule has 1 aromatic heterocycles. The molecule has 0 aliphatic rings. The Morgan fingerprint density at radius 2 is 1.83 bits per heavy atom. The van der Waals surface area contributed by atoms with E-state index in [2.05, 4.69) is 15.5 Å². The summed E-state index contributed by atoms with van der Waals surface area (Å²) in [6, 6.07) is 16.0. The van der Waals surface area contributed by atoms with Crippen LogP contribution in [0.2, 0.25) is 5.02 Å². The lowest BCUT2D eigenvalue weighted by atomic mass is 10.0. The second-order valence-corrected chi connectivity index (χ2v) is 7.77. The highest BCUT2D eigenvalue weighted by Crippen LogP contribution is 2.22. The maximum atomic E-state index is 12.3. The van der Waals surface area contributed by atoms with E-state index in [1.807, 2.05) is 30.3 Å². The molecule has 2 aromatic carbocycles. The van der Waals surface area contributed by atoms with Crippen molar-refractivity contribution in [3.8, 4) is 11.4 Å². The Labute approximate surface area is 177 Å². The van der Waals surface area contributed by atoms with Crippen LogP contribution in [0.4, 0.5) is 0 Å². The van der Waals surface area contributed by atoms with E-state index in [9.17, 15) is 9.59 Å². The summed E-state index contributed by atoms with van der Waals surface area (Å²) in [5, 5.41) is 11.9. The number of ketones is 1. The van der Waals surface area contributed by atoms with Crippen LogP contribution in [0.25, 0.3) is 11.4 Å². The van der Waals surface area contributed by atoms with E-state index in [1.165, 1.54) is 11.6 Å². The summed E-state index contributed by atoms with van der Waals surface area (Å²) in [6.07, 6.45) is 0.445. The van der Waals surface area contributed by atoms with E-state index in [0.29, 0.717) is 22.4 Å². The Hall–Kier alpha value is -2.84. The van der Waals surface area contributed by atoms with Gasteiger partial charge in [-0.1, -0.05) is 53.7 Å².